The average molecular weight is 351 g/mol. The number of aromatic nitrogens is 2. The number of hydrogen-bond acceptors (Lipinski definition) is 8. The summed E-state index contributed by atoms with van der Waals surface area (Å²) >= 11 is 5.91. The largest absolute Gasteiger partial charge is 0.466 e. The summed E-state index contributed by atoms with van der Waals surface area (Å²) in [5, 5.41) is 9.62. The molecule has 1 atom stereocenters. The number of halogens is 2. The van der Waals surface area contributed by atoms with Crippen molar-refractivity contribution in [3.8, 4) is 0 Å². The van der Waals surface area contributed by atoms with E-state index in [9.17, 15) is 14.7 Å². The fourth-order valence-electron chi connectivity index (χ4n) is 1.83. The van der Waals surface area contributed by atoms with E-state index in [2.05, 4.69) is 19.4 Å². The van der Waals surface area contributed by atoms with Gasteiger partial charge >= 0.3 is 17.6 Å². The van der Waals surface area contributed by atoms with E-state index in [1.807, 2.05) is 0 Å². The summed E-state index contributed by atoms with van der Waals surface area (Å²) in [5.74, 6) is -3.20. The molecule has 0 radical (unpaired) electrons. The van der Waals surface area contributed by atoms with Crippen molar-refractivity contribution in [1.29, 1.82) is 0 Å². The number of carbonyl (C=O) groups is 2. The molecule has 1 aromatic heterocycles. The standard InChI is InChI=1S/C13H16ClFN2O6/c1-5-23-10(18)7-8(16-6(2)17-9(7)14)13(15,11(19)21-3)12(20)22-4/h10,18H,5H2,1-4H3. The Balaban J connectivity index is 3.71. The van der Waals surface area contributed by atoms with E-state index in [4.69, 9.17) is 16.3 Å². The molecule has 1 unspecified atom stereocenters. The Morgan fingerprint density at radius 1 is 1.30 bits per heavy atom. The highest BCUT2D eigenvalue weighted by Crippen LogP contribution is 2.36. The molecule has 0 bridgehead atoms. The molecule has 23 heavy (non-hydrogen) atoms. The third-order valence-electron chi connectivity index (χ3n) is 2.84. The smallest absolute Gasteiger partial charge is 0.362 e. The number of aryl methyl sites for hydroxylation is 1. The van der Waals surface area contributed by atoms with Crippen molar-refractivity contribution >= 4 is 23.5 Å². The van der Waals surface area contributed by atoms with Crippen LogP contribution in [0.15, 0.2) is 0 Å². The number of carbonyl (C=O) groups excluding carboxylic acids is 2. The van der Waals surface area contributed by atoms with E-state index < -0.39 is 35.2 Å². The van der Waals surface area contributed by atoms with E-state index in [-0.39, 0.29) is 17.6 Å². The first kappa shape index (κ1) is 19.2. The first-order valence-corrected chi connectivity index (χ1v) is 6.81. The second kappa shape index (κ2) is 7.62. The molecule has 1 N–H and O–H groups in total. The second-order valence-electron chi connectivity index (χ2n) is 4.27. The van der Waals surface area contributed by atoms with E-state index in [0.29, 0.717) is 0 Å². The summed E-state index contributed by atoms with van der Waals surface area (Å²) < 4.78 is 28.9. The molecule has 128 valence electrons. The van der Waals surface area contributed by atoms with Crippen molar-refractivity contribution in [1.82, 2.24) is 9.97 Å². The van der Waals surface area contributed by atoms with Gasteiger partial charge in [-0.2, -0.15) is 0 Å². The predicted molar refractivity (Wildman–Crippen MR) is 75.2 cm³/mol. The minimum Gasteiger partial charge on any atom is -0.466 e. The summed E-state index contributed by atoms with van der Waals surface area (Å²) in [6.45, 7) is 2.97. The summed E-state index contributed by atoms with van der Waals surface area (Å²) in [4.78, 5) is 31.2. The Hall–Kier alpha value is -1.84. The molecule has 8 nitrogen and oxygen atoms in total. The first-order valence-electron chi connectivity index (χ1n) is 6.43. The third-order valence-corrected chi connectivity index (χ3v) is 3.13. The minimum atomic E-state index is -3.44. The summed E-state index contributed by atoms with van der Waals surface area (Å²) in [7, 11) is 1.77. The van der Waals surface area contributed by atoms with Crippen LogP contribution < -0.4 is 0 Å². The van der Waals surface area contributed by atoms with Crippen molar-refractivity contribution in [3.63, 3.8) is 0 Å². The van der Waals surface area contributed by atoms with Gasteiger partial charge in [-0.25, -0.2) is 23.9 Å². The zero-order valence-corrected chi connectivity index (χ0v) is 13.7. The van der Waals surface area contributed by atoms with E-state index in [1.165, 1.54) is 6.92 Å². The molecule has 0 aromatic carbocycles. The monoisotopic (exact) mass is 350 g/mol. The highest BCUT2D eigenvalue weighted by Gasteiger charge is 2.55. The molecule has 1 rings (SSSR count). The second-order valence-corrected chi connectivity index (χ2v) is 4.63. The molecule has 0 spiro atoms. The lowest BCUT2D eigenvalue weighted by Gasteiger charge is -2.24. The van der Waals surface area contributed by atoms with Crippen LogP contribution in [0.4, 0.5) is 4.39 Å². The number of alkyl halides is 1. The van der Waals surface area contributed by atoms with Crippen LogP contribution in [0.5, 0.6) is 0 Å². The normalized spacial score (nSPS) is 12.7. The maximum absolute atomic E-state index is 15.3. The molecule has 0 aliphatic heterocycles. The Morgan fingerprint density at radius 2 is 1.83 bits per heavy atom. The number of esters is 2. The summed E-state index contributed by atoms with van der Waals surface area (Å²) in [6, 6.07) is 0. The first-order chi connectivity index (χ1) is 10.7. The number of hydrogen-bond donors (Lipinski definition) is 1. The quantitative estimate of drug-likeness (QED) is 0.350. The van der Waals surface area contributed by atoms with Gasteiger partial charge in [-0.15, -0.1) is 0 Å². The van der Waals surface area contributed by atoms with Gasteiger partial charge in [0.25, 0.3) is 0 Å². The lowest BCUT2D eigenvalue weighted by atomic mass is 9.97. The van der Waals surface area contributed by atoms with Crippen LogP contribution in [0.2, 0.25) is 5.15 Å². The molecule has 0 saturated carbocycles. The summed E-state index contributed by atoms with van der Waals surface area (Å²) in [5.41, 5.74) is -4.69. The van der Waals surface area contributed by atoms with Crippen LogP contribution in [0.1, 0.15) is 30.3 Å². The van der Waals surface area contributed by atoms with Crippen LogP contribution >= 0.6 is 11.6 Å². The van der Waals surface area contributed by atoms with Crippen LogP contribution in [0.3, 0.4) is 0 Å². The molecular formula is C13H16ClFN2O6. The Morgan fingerprint density at radius 3 is 2.26 bits per heavy atom. The van der Waals surface area contributed by atoms with Gasteiger partial charge in [0, 0.05) is 6.61 Å². The zero-order chi connectivity index (χ0) is 17.8. The molecule has 0 fully saturated rings. The molecule has 0 aliphatic carbocycles. The van der Waals surface area contributed by atoms with Crippen molar-refractivity contribution in [2.45, 2.75) is 25.8 Å². The fraction of sp³-hybridized carbons (Fsp3) is 0.538. The van der Waals surface area contributed by atoms with Gasteiger partial charge in [0.15, 0.2) is 6.29 Å². The van der Waals surface area contributed by atoms with Crippen molar-refractivity contribution in [2.24, 2.45) is 0 Å². The van der Waals surface area contributed by atoms with Crippen LogP contribution in [0.25, 0.3) is 0 Å². The maximum Gasteiger partial charge on any atom is 0.362 e. The third kappa shape index (κ3) is 3.57. The number of methoxy groups -OCH3 is 2. The van der Waals surface area contributed by atoms with Crippen LogP contribution in [0, 0.1) is 6.92 Å². The molecule has 1 aromatic rings. The van der Waals surface area contributed by atoms with E-state index in [0.717, 1.165) is 14.2 Å². The number of nitrogens with zero attached hydrogens (tertiary/aromatic N) is 2. The molecule has 1 heterocycles. The van der Waals surface area contributed by atoms with Crippen molar-refractivity contribution in [2.75, 3.05) is 20.8 Å². The fourth-order valence-corrected chi connectivity index (χ4v) is 2.13. The molecule has 0 amide bonds. The lowest BCUT2D eigenvalue weighted by Crippen LogP contribution is -2.43. The minimum absolute atomic E-state index is 0.0349. The van der Waals surface area contributed by atoms with E-state index >= 15 is 4.39 Å². The Labute approximate surface area is 136 Å². The molecule has 0 aliphatic rings. The van der Waals surface area contributed by atoms with Gasteiger partial charge in [-0.1, -0.05) is 11.6 Å². The predicted octanol–water partition coefficient (Wildman–Crippen LogP) is 0.977. The molecule has 0 saturated heterocycles. The van der Waals surface area contributed by atoms with Crippen molar-refractivity contribution < 1.29 is 33.3 Å². The zero-order valence-electron chi connectivity index (χ0n) is 12.9. The lowest BCUT2D eigenvalue weighted by molar-refractivity contribution is -0.173. The average Bonchev–Trinajstić information content (AvgIpc) is 2.51. The van der Waals surface area contributed by atoms with Gasteiger partial charge in [0.1, 0.15) is 16.7 Å². The van der Waals surface area contributed by atoms with Gasteiger partial charge < -0.3 is 19.3 Å². The van der Waals surface area contributed by atoms with Gasteiger partial charge in [-0.3, -0.25) is 0 Å². The Bertz CT molecular complexity index is 596. The number of ether oxygens (including phenoxy) is 3. The van der Waals surface area contributed by atoms with Crippen molar-refractivity contribution in [3.05, 3.63) is 22.2 Å². The van der Waals surface area contributed by atoms with Crippen LogP contribution in [-0.2, 0) is 29.5 Å². The Kier molecular flexibility index (Phi) is 6.37. The highest BCUT2D eigenvalue weighted by molar-refractivity contribution is 6.30. The molecule has 10 heteroatoms. The topological polar surface area (TPSA) is 108 Å². The summed E-state index contributed by atoms with van der Waals surface area (Å²) in [6.07, 6.45) is -1.76. The van der Waals surface area contributed by atoms with Crippen LogP contribution in [-0.4, -0.2) is 47.8 Å². The SMILES string of the molecule is CCOC(O)c1c(Cl)nc(C)nc1C(F)(C(=O)OC)C(=O)OC. The highest BCUT2D eigenvalue weighted by atomic mass is 35.5. The molecular weight excluding hydrogens is 335 g/mol. The number of aliphatic hydroxyl groups is 1. The van der Waals surface area contributed by atoms with E-state index in [1.54, 1.807) is 6.92 Å². The number of rotatable bonds is 6. The maximum atomic E-state index is 15.3. The van der Waals surface area contributed by atoms with Gasteiger partial charge in [0.05, 0.1) is 19.8 Å². The van der Waals surface area contributed by atoms with Gasteiger partial charge in [-0.05, 0) is 13.8 Å². The van der Waals surface area contributed by atoms with Gasteiger partial charge in [0.2, 0.25) is 0 Å². The number of aliphatic hydroxyl groups excluding tert-OH is 1.